The zero-order valence-electron chi connectivity index (χ0n) is 20.6. The summed E-state index contributed by atoms with van der Waals surface area (Å²) in [5.74, 6) is 2.37. The summed E-state index contributed by atoms with van der Waals surface area (Å²) in [6.45, 7) is 15.2. The molecule has 0 aliphatic heterocycles. The minimum absolute atomic E-state index is 0. The highest BCUT2D eigenvalue weighted by Gasteiger charge is 2.14. The Bertz CT molecular complexity index is 866. The molecular weight excluding hydrogens is 517 g/mol. The molecule has 32 heavy (non-hydrogen) atoms. The van der Waals surface area contributed by atoms with Crippen LogP contribution in [0.1, 0.15) is 69.1 Å². The van der Waals surface area contributed by atoms with Crippen molar-refractivity contribution in [3.05, 3.63) is 40.7 Å². The molecule has 180 valence electrons. The Balaban J connectivity index is 0.00000512. The fraction of sp³-hybridized carbons (Fsp3) is 0.583. The lowest BCUT2D eigenvalue weighted by Gasteiger charge is -2.20. The average Bonchev–Trinajstić information content (AvgIpc) is 3.00. The van der Waals surface area contributed by atoms with Crippen molar-refractivity contribution in [1.29, 1.82) is 0 Å². The second-order valence-electron chi connectivity index (χ2n) is 7.74. The molecule has 2 rings (SSSR count). The summed E-state index contributed by atoms with van der Waals surface area (Å²) in [5.41, 5.74) is 4.45. The van der Waals surface area contributed by atoms with Gasteiger partial charge >= 0.3 is 0 Å². The quantitative estimate of drug-likeness (QED) is 0.230. The first-order chi connectivity index (χ1) is 14.9. The molecule has 1 atom stereocenters. The number of guanidine groups is 1. The monoisotopic (exact) mass is 557 g/mol. The van der Waals surface area contributed by atoms with E-state index in [4.69, 9.17) is 14.5 Å². The van der Waals surface area contributed by atoms with Crippen molar-refractivity contribution in [1.82, 2.24) is 20.4 Å². The van der Waals surface area contributed by atoms with E-state index >= 15 is 0 Å². The minimum Gasteiger partial charge on any atom is -0.490 e. The summed E-state index contributed by atoms with van der Waals surface area (Å²) in [4.78, 5) is 4.80. The van der Waals surface area contributed by atoms with Crippen LogP contribution in [0.4, 0.5) is 0 Å². The Hall–Kier alpha value is -1.97. The third-order valence-electron chi connectivity index (χ3n) is 5.14. The van der Waals surface area contributed by atoms with Gasteiger partial charge in [0.15, 0.2) is 17.5 Å². The van der Waals surface area contributed by atoms with Gasteiger partial charge in [0.2, 0.25) is 0 Å². The minimum atomic E-state index is 0. The van der Waals surface area contributed by atoms with E-state index in [1.165, 1.54) is 5.56 Å². The lowest BCUT2D eigenvalue weighted by molar-refractivity contribution is 0.268. The fourth-order valence-electron chi connectivity index (χ4n) is 3.26. The van der Waals surface area contributed by atoms with Crippen LogP contribution in [0, 0.1) is 13.8 Å². The van der Waals surface area contributed by atoms with Gasteiger partial charge in [-0.3, -0.25) is 4.68 Å². The Morgan fingerprint density at radius 2 is 1.75 bits per heavy atom. The van der Waals surface area contributed by atoms with E-state index in [1.54, 1.807) is 0 Å². The topological polar surface area (TPSA) is 72.7 Å². The van der Waals surface area contributed by atoms with E-state index < -0.39 is 0 Å². The van der Waals surface area contributed by atoms with Crippen LogP contribution in [0.3, 0.4) is 0 Å². The van der Waals surface area contributed by atoms with E-state index in [9.17, 15) is 0 Å². The van der Waals surface area contributed by atoms with Gasteiger partial charge in [0.05, 0.1) is 31.5 Å². The van der Waals surface area contributed by atoms with Crippen LogP contribution in [-0.4, -0.2) is 35.5 Å². The van der Waals surface area contributed by atoms with Gasteiger partial charge in [-0.2, -0.15) is 5.10 Å². The number of rotatable bonds is 11. The number of halogens is 1. The Morgan fingerprint density at radius 1 is 1.09 bits per heavy atom. The Morgan fingerprint density at radius 3 is 2.31 bits per heavy atom. The first-order valence-corrected chi connectivity index (χ1v) is 11.3. The van der Waals surface area contributed by atoms with Gasteiger partial charge in [0, 0.05) is 24.8 Å². The lowest BCUT2D eigenvalue weighted by Crippen LogP contribution is -2.38. The van der Waals surface area contributed by atoms with E-state index in [1.807, 2.05) is 24.7 Å². The molecule has 0 radical (unpaired) electrons. The first kappa shape index (κ1) is 28.1. The molecule has 1 unspecified atom stereocenters. The van der Waals surface area contributed by atoms with Crippen LogP contribution in [0.5, 0.6) is 11.5 Å². The van der Waals surface area contributed by atoms with E-state index in [2.05, 4.69) is 62.5 Å². The second-order valence-corrected chi connectivity index (χ2v) is 7.74. The third-order valence-corrected chi connectivity index (χ3v) is 5.14. The number of aromatic nitrogens is 2. The molecule has 7 nitrogen and oxygen atoms in total. The summed E-state index contributed by atoms with van der Waals surface area (Å²) in [7, 11) is 1.97. The molecule has 0 saturated carbocycles. The number of hydrogen-bond acceptors (Lipinski definition) is 4. The highest BCUT2D eigenvalue weighted by molar-refractivity contribution is 14.0. The second kappa shape index (κ2) is 14.2. The van der Waals surface area contributed by atoms with Crippen LogP contribution < -0.4 is 20.1 Å². The summed E-state index contributed by atoms with van der Waals surface area (Å²) >= 11 is 0. The van der Waals surface area contributed by atoms with E-state index in [0.717, 1.165) is 53.8 Å². The maximum absolute atomic E-state index is 5.95. The maximum atomic E-state index is 5.95. The molecule has 0 aliphatic rings. The number of nitrogens with one attached hydrogen (secondary N) is 2. The van der Waals surface area contributed by atoms with Gasteiger partial charge in [-0.25, -0.2) is 4.99 Å². The molecule has 1 aromatic carbocycles. The number of nitrogens with zero attached hydrogens (tertiary/aromatic N) is 3. The van der Waals surface area contributed by atoms with E-state index in [-0.39, 0.29) is 30.0 Å². The zero-order valence-corrected chi connectivity index (χ0v) is 22.9. The molecular formula is C24H40IN5O2. The van der Waals surface area contributed by atoms with Crippen LogP contribution in [0.25, 0.3) is 0 Å². The zero-order chi connectivity index (χ0) is 22.8. The lowest BCUT2D eigenvalue weighted by atomic mass is 10.1. The maximum Gasteiger partial charge on any atom is 0.192 e. The number of aliphatic imine (C=N–C) groups is 1. The molecule has 8 heteroatoms. The molecule has 0 spiro atoms. The molecule has 0 amide bonds. The van der Waals surface area contributed by atoms with Crippen molar-refractivity contribution in [2.45, 2.75) is 67.0 Å². The Kier molecular flexibility index (Phi) is 12.5. The molecule has 0 saturated heterocycles. The van der Waals surface area contributed by atoms with Gasteiger partial charge < -0.3 is 20.1 Å². The predicted molar refractivity (Wildman–Crippen MR) is 142 cm³/mol. The molecule has 0 aliphatic carbocycles. The van der Waals surface area contributed by atoms with Crippen LogP contribution >= 0.6 is 24.0 Å². The van der Waals surface area contributed by atoms with E-state index in [0.29, 0.717) is 19.8 Å². The van der Waals surface area contributed by atoms with Gasteiger partial charge in [-0.05, 0) is 58.2 Å². The van der Waals surface area contributed by atoms with Gasteiger partial charge in [0.1, 0.15) is 0 Å². The predicted octanol–water partition coefficient (Wildman–Crippen LogP) is 5.05. The number of hydrogen-bond donors (Lipinski definition) is 2. The molecule has 1 aromatic heterocycles. The molecule has 0 bridgehead atoms. The standard InChI is InChI=1S/C24H39N5O2.HI/c1-8-13-30-22-12-11-20(15-23(22)31-14-9-2)17(4)27-24(25-10-3)26-16-21-18(5)28-29(7)19(21)6;/h11-12,15,17H,8-10,13-14,16H2,1-7H3,(H2,25,26,27);1H. The van der Waals surface area contributed by atoms with Crippen molar-refractivity contribution >= 4 is 29.9 Å². The number of aryl methyl sites for hydroxylation is 2. The summed E-state index contributed by atoms with van der Waals surface area (Å²) in [6, 6.07) is 6.20. The summed E-state index contributed by atoms with van der Waals surface area (Å²) in [6.07, 6.45) is 1.92. The van der Waals surface area contributed by atoms with Crippen LogP contribution in [0.2, 0.25) is 0 Å². The molecule has 2 aromatic rings. The third kappa shape index (κ3) is 7.86. The van der Waals surface area contributed by atoms with Gasteiger partial charge in [-0.1, -0.05) is 19.9 Å². The SMILES string of the molecule is CCCOc1ccc(C(C)NC(=NCc2c(C)nn(C)c2C)NCC)cc1OCCC.I. The van der Waals surface area contributed by atoms with Crippen molar-refractivity contribution in [3.63, 3.8) is 0 Å². The summed E-state index contributed by atoms with van der Waals surface area (Å²) in [5, 5.41) is 11.3. The normalized spacial score (nSPS) is 12.2. The molecule has 1 heterocycles. The highest BCUT2D eigenvalue weighted by Crippen LogP contribution is 2.31. The van der Waals surface area contributed by atoms with Crippen molar-refractivity contribution in [2.24, 2.45) is 12.0 Å². The summed E-state index contributed by atoms with van der Waals surface area (Å²) < 4.78 is 13.7. The van der Waals surface area contributed by atoms with Gasteiger partial charge in [0.25, 0.3) is 0 Å². The average molecular weight is 558 g/mol. The van der Waals surface area contributed by atoms with Crippen molar-refractivity contribution in [2.75, 3.05) is 19.8 Å². The number of ether oxygens (including phenoxy) is 2. The molecule has 2 N–H and O–H groups in total. The van der Waals surface area contributed by atoms with Crippen LogP contribution in [0.15, 0.2) is 23.2 Å². The number of benzene rings is 1. The largest absolute Gasteiger partial charge is 0.490 e. The first-order valence-electron chi connectivity index (χ1n) is 11.3. The fourth-order valence-corrected chi connectivity index (χ4v) is 3.26. The Labute approximate surface area is 210 Å². The smallest absolute Gasteiger partial charge is 0.192 e. The molecule has 0 fully saturated rings. The van der Waals surface area contributed by atoms with Gasteiger partial charge in [-0.15, -0.1) is 24.0 Å². The van der Waals surface area contributed by atoms with Crippen molar-refractivity contribution < 1.29 is 9.47 Å². The highest BCUT2D eigenvalue weighted by atomic mass is 127. The van der Waals surface area contributed by atoms with Crippen LogP contribution in [-0.2, 0) is 13.6 Å². The van der Waals surface area contributed by atoms with Crippen molar-refractivity contribution in [3.8, 4) is 11.5 Å².